The summed E-state index contributed by atoms with van der Waals surface area (Å²) in [5.74, 6) is 0.960. The molecular weight excluding hydrogens is 350 g/mol. The lowest BCUT2D eigenvalue weighted by atomic mass is 10.2. The van der Waals surface area contributed by atoms with Crippen LogP contribution >= 0.6 is 11.6 Å². The molecule has 0 bridgehead atoms. The first kappa shape index (κ1) is 17.8. The second-order valence-corrected chi connectivity index (χ2v) is 5.94. The number of para-hydroxylation sites is 2. The fourth-order valence-electron chi connectivity index (χ4n) is 2.44. The first-order valence-corrected chi connectivity index (χ1v) is 8.43. The highest BCUT2D eigenvalue weighted by atomic mass is 35.5. The molecule has 0 saturated heterocycles. The van der Waals surface area contributed by atoms with Gasteiger partial charge in [-0.05, 0) is 35.9 Å². The monoisotopic (exact) mass is 367 g/mol. The Balaban J connectivity index is 1.70. The van der Waals surface area contributed by atoms with Gasteiger partial charge >= 0.3 is 0 Å². The first-order chi connectivity index (χ1) is 12.7. The molecule has 6 heteroatoms. The summed E-state index contributed by atoms with van der Waals surface area (Å²) in [5.41, 5.74) is 2.06. The zero-order chi connectivity index (χ0) is 18.4. The fraction of sp³-hybridized carbons (Fsp3) is 0.100. The third kappa shape index (κ3) is 4.32. The average Bonchev–Trinajstić information content (AvgIpc) is 2.68. The van der Waals surface area contributed by atoms with E-state index in [9.17, 15) is 4.79 Å². The molecule has 0 unspecified atom stereocenters. The molecule has 0 aliphatic rings. The van der Waals surface area contributed by atoms with Gasteiger partial charge in [-0.3, -0.25) is 4.79 Å². The summed E-state index contributed by atoms with van der Waals surface area (Å²) < 4.78 is 5.25. The molecule has 2 N–H and O–H groups in total. The number of carbonyl (C=O) groups is 1. The minimum Gasteiger partial charge on any atom is -0.495 e. The largest absolute Gasteiger partial charge is 0.495 e. The Morgan fingerprint density at radius 1 is 1.12 bits per heavy atom. The van der Waals surface area contributed by atoms with E-state index in [1.54, 1.807) is 37.6 Å². The molecule has 3 aromatic rings. The Kier molecular flexibility index (Phi) is 5.71. The molecule has 3 rings (SSSR count). The minimum absolute atomic E-state index is 0.238. The van der Waals surface area contributed by atoms with Crippen LogP contribution in [0.3, 0.4) is 0 Å². The van der Waals surface area contributed by atoms with Crippen LogP contribution in [0.25, 0.3) is 0 Å². The van der Waals surface area contributed by atoms with Crippen LogP contribution in [0.15, 0.2) is 66.9 Å². The SMILES string of the molecule is COc1ccccc1NC(=O)c1ccnc(NCc2ccccc2Cl)c1. The van der Waals surface area contributed by atoms with Crippen LogP contribution in [0.2, 0.25) is 5.02 Å². The van der Waals surface area contributed by atoms with E-state index < -0.39 is 0 Å². The van der Waals surface area contributed by atoms with Crippen molar-refractivity contribution >= 4 is 29.0 Å². The topological polar surface area (TPSA) is 63.2 Å². The van der Waals surface area contributed by atoms with Crippen molar-refractivity contribution in [2.45, 2.75) is 6.54 Å². The van der Waals surface area contributed by atoms with Crippen molar-refractivity contribution in [1.82, 2.24) is 4.98 Å². The van der Waals surface area contributed by atoms with Crippen molar-refractivity contribution in [3.8, 4) is 5.75 Å². The number of ether oxygens (including phenoxy) is 1. The van der Waals surface area contributed by atoms with Crippen molar-refractivity contribution in [2.75, 3.05) is 17.7 Å². The van der Waals surface area contributed by atoms with Crippen LogP contribution in [0.4, 0.5) is 11.5 Å². The minimum atomic E-state index is -0.238. The zero-order valence-electron chi connectivity index (χ0n) is 14.2. The maximum absolute atomic E-state index is 12.5. The summed E-state index contributed by atoms with van der Waals surface area (Å²) in [7, 11) is 1.56. The number of benzene rings is 2. The Morgan fingerprint density at radius 2 is 1.88 bits per heavy atom. The number of pyridine rings is 1. The van der Waals surface area contributed by atoms with E-state index in [1.807, 2.05) is 36.4 Å². The number of rotatable bonds is 6. The maximum Gasteiger partial charge on any atom is 0.255 e. The predicted octanol–water partition coefficient (Wildman–Crippen LogP) is 4.61. The summed E-state index contributed by atoms with van der Waals surface area (Å²) in [5, 5.41) is 6.72. The van der Waals surface area contributed by atoms with Crippen molar-refractivity contribution in [1.29, 1.82) is 0 Å². The molecule has 5 nitrogen and oxygen atoms in total. The lowest BCUT2D eigenvalue weighted by Gasteiger charge is -2.11. The number of halogens is 1. The van der Waals surface area contributed by atoms with E-state index in [0.29, 0.717) is 34.4 Å². The van der Waals surface area contributed by atoms with E-state index in [1.165, 1.54) is 0 Å². The van der Waals surface area contributed by atoms with Gasteiger partial charge in [0, 0.05) is 23.3 Å². The highest BCUT2D eigenvalue weighted by Crippen LogP contribution is 2.24. The Hall–Kier alpha value is -3.05. The summed E-state index contributed by atoms with van der Waals surface area (Å²) in [6.07, 6.45) is 1.59. The highest BCUT2D eigenvalue weighted by Gasteiger charge is 2.10. The van der Waals surface area contributed by atoms with Crippen LogP contribution in [-0.4, -0.2) is 18.0 Å². The predicted molar refractivity (Wildman–Crippen MR) is 104 cm³/mol. The van der Waals surface area contributed by atoms with Gasteiger partial charge in [-0.2, -0.15) is 0 Å². The third-order valence-electron chi connectivity index (χ3n) is 3.80. The van der Waals surface area contributed by atoms with E-state index in [0.717, 1.165) is 5.56 Å². The molecule has 0 radical (unpaired) electrons. The Labute approximate surface area is 157 Å². The maximum atomic E-state index is 12.5. The van der Waals surface area contributed by atoms with Crippen LogP contribution in [0.1, 0.15) is 15.9 Å². The van der Waals surface area contributed by atoms with Crippen LogP contribution in [0.5, 0.6) is 5.75 Å². The zero-order valence-corrected chi connectivity index (χ0v) is 15.0. The van der Waals surface area contributed by atoms with Crippen LogP contribution < -0.4 is 15.4 Å². The van der Waals surface area contributed by atoms with Gasteiger partial charge in [0.15, 0.2) is 0 Å². The molecule has 0 atom stereocenters. The number of nitrogens with zero attached hydrogens (tertiary/aromatic N) is 1. The summed E-state index contributed by atoms with van der Waals surface area (Å²) in [6, 6.07) is 18.2. The number of aromatic nitrogens is 1. The van der Waals surface area contributed by atoms with Gasteiger partial charge in [0.05, 0.1) is 12.8 Å². The lowest BCUT2D eigenvalue weighted by Crippen LogP contribution is -2.13. The highest BCUT2D eigenvalue weighted by molar-refractivity contribution is 6.31. The van der Waals surface area contributed by atoms with Gasteiger partial charge < -0.3 is 15.4 Å². The number of hydrogen-bond acceptors (Lipinski definition) is 4. The molecule has 1 heterocycles. The van der Waals surface area contributed by atoms with E-state index in [4.69, 9.17) is 16.3 Å². The molecule has 1 aromatic heterocycles. The smallest absolute Gasteiger partial charge is 0.255 e. The molecule has 2 aromatic carbocycles. The van der Waals surface area contributed by atoms with E-state index in [2.05, 4.69) is 15.6 Å². The van der Waals surface area contributed by atoms with Gasteiger partial charge in [0.1, 0.15) is 11.6 Å². The number of amides is 1. The molecule has 0 fully saturated rings. The number of methoxy groups -OCH3 is 1. The van der Waals surface area contributed by atoms with Gasteiger partial charge in [-0.1, -0.05) is 41.9 Å². The normalized spacial score (nSPS) is 10.2. The van der Waals surface area contributed by atoms with Crippen molar-refractivity contribution < 1.29 is 9.53 Å². The average molecular weight is 368 g/mol. The summed E-state index contributed by atoms with van der Waals surface area (Å²) in [6.45, 7) is 0.518. The lowest BCUT2D eigenvalue weighted by molar-refractivity contribution is 0.102. The van der Waals surface area contributed by atoms with Crippen molar-refractivity contribution in [2.24, 2.45) is 0 Å². The second kappa shape index (κ2) is 8.36. The third-order valence-corrected chi connectivity index (χ3v) is 4.16. The Morgan fingerprint density at radius 3 is 2.69 bits per heavy atom. The van der Waals surface area contributed by atoms with Crippen LogP contribution in [0, 0.1) is 0 Å². The van der Waals surface area contributed by atoms with E-state index >= 15 is 0 Å². The molecule has 0 aliphatic heterocycles. The summed E-state index contributed by atoms with van der Waals surface area (Å²) >= 11 is 6.15. The van der Waals surface area contributed by atoms with Crippen LogP contribution in [-0.2, 0) is 6.54 Å². The Bertz CT molecular complexity index is 915. The van der Waals surface area contributed by atoms with Gasteiger partial charge in [-0.15, -0.1) is 0 Å². The summed E-state index contributed by atoms with van der Waals surface area (Å²) in [4.78, 5) is 16.8. The molecule has 1 amide bonds. The number of nitrogens with one attached hydrogen (secondary N) is 2. The number of hydrogen-bond donors (Lipinski definition) is 2. The second-order valence-electron chi connectivity index (χ2n) is 5.53. The molecular formula is C20H18ClN3O2. The standard InChI is InChI=1S/C20H18ClN3O2/c1-26-18-9-5-4-8-17(18)24-20(25)14-10-11-22-19(12-14)23-13-15-6-2-3-7-16(15)21/h2-12H,13H2,1H3,(H,22,23)(H,24,25). The fourth-order valence-corrected chi connectivity index (χ4v) is 2.64. The van der Waals surface area contributed by atoms with Gasteiger partial charge in [-0.25, -0.2) is 4.98 Å². The number of anilines is 2. The van der Waals surface area contributed by atoms with Gasteiger partial charge in [0.25, 0.3) is 5.91 Å². The molecule has 0 aliphatic carbocycles. The quantitative estimate of drug-likeness (QED) is 0.668. The van der Waals surface area contributed by atoms with E-state index in [-0.39, 0.29) is 5.91 Å². The molecule has 26 heavy (non-hydrogen) atoms. The van der Waals surface area contributed by atoms with Gasteiger partial charge in [0.2, 0.25) is 0 Å². The number of carbonyl (C=O) groups excluding carboxylic acids is 1. The van der Waals surface area contributed by atoms with Crippen molar-refractivity contribution in [3.05, 3.63) is 83.0 Å². The first-order valence-electron chi connectivity index (χ1n) is 8.05. The molecule has 0 spiro atoms. The molecule has 0 saturated carbocycles. The van der Waals surface area contributed by atoms with Crippen molar-refractivity contribution in [3.63, 3.8) is 0 Å². The molecule has 132 valence electrons.